The zero-order valence-corrected chi connectivity index (χ0v) is 11.9. The van der Waals surface area contributed by atoms with Crippen molar-refractivity contribution in [3.05, 3.63) is 35.1 Å². The van der Waals surface area contributed by atoms with Gasteiger partial charge in [0.25, 0.3) is 0 Å². The van der Waals surface area contributed by atoms with Gasteiger partial charge in [0.1, 0.15) is 5.82 Å². The molecule has 0 aliphatic rings. The predicted molar refractivity (Wildman–Crippen MR) is 71.0 cm³/mol. The van der Waals surface area contributed by atoms with Crippen molar-refractivity contribution >= 4 is 5.91 Å². The number of nitrogens with zero attached hydrogens (tertiary/aromatic N) is 1. The number of nitrogens with one attached hydrogen (secondary N) is 1. The van der Waals surface area contributed by atoms with Crippen molar-refractivity contribution in [2.75, 3.05) is 19.6 Å². The molecule has 0 atom stereocenters. The summed E-state index contributed by atoms with van der Waals surface area (Å²) in [5, 5.41) is 2.77. The highest BCUT2D eigenvalue weighted by Crippen LogP contribution is 2.31. The maximum atomic E-state index is 13.1. The molecule has 1 amide bonds. The molecule has 0 bridgehead atoms. The van der Waals surface area contributed by atoms with Gasteiger partial charge in [-0.2, -0.15) is 13.2 Å². The second kappa shape index (κ2) is 7.40. The van der Waals surface area contributed by atoms with Crippen molar-refractivity contribution in [3.8, 4) is 0 Å². The Balaban J connectivity index is 2.63. The van der Waals surface area contributed by atoms with Gasteiger partial charge in [0.15, 0.2) is 0 Å². The number of amides is 1. The Morgan fingerprint density at radius 2 is 1.86 bits per heavy atom. The van der Waals surface area contributed by atoms with Gasteiger partial charge in [0, 0.05) is 19.6 Å². The van der Waals surface area contributed by atoms with Crippen LogP contribution in [0.1, 0.15) is 25.0 Å². The third-order valence-electron chi connectivity index (χ3n) is 3.06. The van der Waals surface area contributed by atoms with Gasteiger partial charge in [-0.15, -0.1) is 0 Å². The molecule has 0 saturated carbocycles. The highest BCUT2D eigenvalue weighted by molar-refractivity contribution is 5.78. The Kier molecular flexibility index (Phi) is 6.14. The molecule has 118 valence electrons. The van der Waals surface area contributed by atoms with Crippen molar-refractivity contribution in [2.24, 2.45) is 0 Å². The summed E-state index contributed by atoms with van der Waals surface area (Å²) in [6.07, 6.45) is -4.73. The van der Waals surface area contributed by atoms with Crippen LogP contribution in [0.4, 0.5) is 17.6 Å². The molecule has 0 spiro atoms. The molecule has 0 saturated heterocycles. The van der Waals surface area contributed by atoms with Gasteiger partial charge < -0.3 is 10.2 Å². The van der Waals surface area contributed by atoms with E-state index in [9.17, 15) is 22.4 Å². The van der Waals surface area contributed by atoms with E-state index in [1.807, 2.05) is 13.8 Å². The molecule has 7 heteroatoms. The number of benzene rings is 1. The molecule has 3 nitrogen and oxygen atoms in total. The van der Waals surface area contributed by atoms with Crippen molar-refractivity contribution in [3.63, 3.8) is 0 Å². The quantitative estimate of drug-likeness (QED) is 0.820. The van der Waals surface area contributed by atoms with Crippen LogP contribution in [0.25, 0.3) is 0 Å². The Hall–Kier alpha value is -1.63. The minimum Gasteiger partial charge on any atom is -0.342 e. The molecule has 0 unspecified atom stereocenters. The smallest absolute Gasteiger partial charge is 0.342 e. The van der Waals surface area contributed by atoms with Gasteiger partial charge in [-0.25, -0.2) is 4.39 Å². The highest BCUT2D eigenvalue weighted by Gasteiger charge is 2.34. The van der Waals surface area contributed by atoms with E-state index in [1.165, 1.54) is 6.07 Å². The van der Waals surface area contributed by atoms with E-state index in [0.717, 1.165) is 12.1 Å². The molecule has 1 rings (SSSR count). The predicted octanol–water partition coefficient (Wildman–Crippen LogP) is 2.80. The zero-order valence-electron chi connectivity index (χ0n) is 11.9. The monoisotopic (exact) mass is 306 g/mol. The lowest BCUT2D eigenvalue weighted by Crippen LogP contribution is -2.37. The van der Waals surface area contributed by atoms with E-state index in [2.05, 4.69) is 5.32 Å². The van der Waals surface area contributed by atoms with E-state index in [1.54, 1.807) is 4.90 Å². The molecule has 0 radical (unpaired) electrons. The first-order chi connectivity index (χ1) is 9.79. The van der Waals surface area contributed by atoms with Crippen LogP contribution in [-0.2, 0) is 17.5 Å². The fraction of sp³-hybridized carbons (Fsp3) is 0.500. The van der Waals surface area contributed by atoms with Gasteiger partial charge >= 0.3 is 6.18 Å². The van der Waals surface area contributed by atoms with Crippen LogP contribution in [-0.4, -0.2) is 30.4 Å². The zero-order chi connectivity index (χ0) is 16.0. The number of carbonyl (C=O) groups is 1. The Labute approximate surface area is 120 Å². The highest BCUT2D eigenvalue weighted by atomic mass is 19.4. The second-order valence-corrected chi connectivity index (χ2v) is 4.48. The summed E-state index contributed by atoms with van der Waals surface area (Å²) in [7, 11) is 0. The first-order valence-electron chi connectivity index (χ1n) is 6.63. The maximum Gasteiger partial charge on any atom is 0.419 e. The fourth-order valence-electron chi connectivity index (χ4n) is 1.90. The summed E-state index contributed by atoms with van der Waals surface area (Å²) in [6, 6.07) is 2.80. The maximum absolute atomic E-state index is 13.1. The molecule has 0 fully saturated rings. The van der Waals surface area contributed by atoms with Crippen molar-refractivity contribution < 1.29 is 22.4 Å². The lowest BCUT2D eigenvalue weighted by Gasteiger charge is -2.18. The minimum absolute atomic E-state index is 0.0282. The average molecular weight is 306 g/mol. The number of halogens is 4. The lowest BCUT2D eigenvalue weighted by molar-refractivity contribution is -0.140. The molecular weight excluding hydrogens is 288 g/mol. The molecular formula is C14H18F4N2O. The fourth-order valence-corrected chi connectivity index (χ4v) is 1.90. The van der Waals surface area contributed by atoms with Crippen LogP contribution in [0, 0.1) is 5.82 Å². The molecule has 0 aromatic heterocycles. The Bertz CT molecular complexity index is 484. The van der Waals surface area contributed by atoms with Crippen molar-refractivity contribution in [2.45, 2.75) is 26.6 Å². The van der Waals surface area contributed by atoms with E-state index >= 15 is 0 Å². The van der Waals surface area contributed by atoms with Crippen LogP contribution in [0.5, 0.6) is 0 Å². The number of hydrogen-bond donors (Lipinski definition) is 1. The molecule has 1 aromatic carbocycles. The molecule has 0 aliphatic heterocycles. The van der Waals surface area contributed by atoms with Gasteiger partial charge in [-0.3, -0.25) is 4.79 Å². The third kappa shape index (κ3) is 5.00. The summed E-state index contributed by atoms with van der Waals surface area (Å²) in [4.78, 5) is 13.3. The molecule has 1 aromatic rings. The van der Waals surface area contributed by atoms with Gasteiger partial charge in [0.05, 0.1) is 12.1 Å². The van der Waals surface area contributed by atoms with Crippen LogP contribution in [0.3, 0.4) is 0 Å². The van der Waals surface area contributed by atoms with Crippen molar-refractivity contribution in [1.82, 2.24) is 10.2 Å². The van der Waals surface area contributed by atoms with Gasteiger partial charge in [-0.05, 0) is 31.5 Å². The lowest BCUT2D eigenvalue weighted by atomic mass is 10.1. The molecule has 0 aliphatic carbocycles. The number of alkyl halides is 3. The molecule has 1 N–H and O–H groups in total. The van der Waals surface area contributed by atoms with Crippen LogP contribution in [0.15, 0.2) is 18.2 Å². The Morgan fingerprint density at radius 3 is 2.38 bits per heavy atom. The van der Waals surface area contributed by atoms with E-state index in [4.69, 9.17) is 0 Å². The topological polar surface area (TPSA) is 32.3 Å². The number of hydrogen-bond acceptors (Lipinski definition) is 2. The average Bonchev–Trinajstić information content (AvgIpc) is 2.40. The number of rotatable bonds is 6. The van der Waals surface area contributed by atoms with Crippen LogP contribution < -0.4 is 5.32 Å². The number of likely N-dealkylation sites (N-methyl/N-ethyl adjacent to an activating group) is 1. The summed E-state index contributed by atoms with van der Waals surface area (Å²) < 4.78 is 50.8. The summed E-state index contributed by atoms with van der Waals surface area (Å²) in [5.74, 6) is -1.43. The summed E-state index contributed by atoms with van der Waals surface area (Å²) in [6.45, 7) is 4.93. The van der Waals surface area contributed by atoms with Crippen LogP contribution >= 0.6 is 0 Å². The van der Waals surface area contributed by atoms with Crippen LogP contribution in [0.2, 0.25) is 0 Å². The van der Waals surface area contributed by atoms with Gasteiger partial charge in [-0.1, -0.05) is 6.07 Å². The third-order valence-corrected chi connectivity index (χ3v) is 3.06. The molecule has 21 heavy (non-hydrogen) atoms. The standard InChI is InChI=1S/C14H18F4N2O/c1-3-20(4-2)13(21)9-19-8-10-5-6-12(15)11(7-10)14(16,17)18/h5-7,19H,3-4,8-9H2,1-2H3. The normalized spacial score (nSPS) is 11.5. The van der Waals surface area contributed by atoms with E-state index < -0.39 is 17.6 Å². The summed E-state index contributed by atoms with van der Waals surface area (Å²) in [5.41, 5.74) is -1.02. The first-order valence-corrected chi connectivity index (χ1v) is 6.63. The minimum atomic E-state index is -4.73. The largest absolute Gasteiger partial charge is 0.419 e. The van der Waals surface area contributed by atoms with E-state index in [0.29, 0.717) is 13.1 Å². The number of carbonyl (C=O) groups excluding carboxylic acids is 1. The van der Waals surface area contributed by atoms with Gasteiger partial charge in [0.2, 0.25) is 5.91 Å². The SMILES string of the molecule is CCN(CC)C(=O)CNCc1ccc(F)c(C(F)(F)F)c1. The summed E-state index contributed by atoms with van der Waals surface area (Å²) >= 11 is 0. The van der Waals surface area contributed by atoms with E-state index in [-0.39, 0.29) is 24.6 Å². The van der Waals surface area contributed by atoms with Crippen molar-refractivity contribution in [1.29, 1.82) is 0 Å². The Morgan fingerprint density at radius 1 is 1.24 bits per heavy atom. The molecule has 0 heterocycles. The first kappa shape index (κ1) is 17.4. The second-order valence-electron chi connectivity index (χ2n) is 4.48.